The molecule has 1 heterocycles. The highest BCUT2D eigenvalue weighted by Gasteiger charge is 2.55. The van der Waals surface area contributed by atoms with Gasteiger partial charge in [0.25, 0.3) is 0 Å². The van der Waals surface area contributed by atoms with E-state index in [9.17, 15) is 5.11 Å². The fourth-order valence-electron chi connectivity index (χ4n) is 2.15. The predicted molar refractivity (Wildman–Crippen MR) is 48.9 cm³/mol. The highest BCUT2D eigenvalue weighted by Crippen LogP contribution is 2.48. The minimum Gasteiger partial charge on any atom is -0.388 e. The summed E-state index contributed by atoms with van der Waals surface area (Å²) >= 11 is 0. The van der Waals surface area contributed by atoms with Crippen LogP contribution in [0, 0.1) is 5.92 Å². The van der Waals surface area contributed by atoms with Crippen LogP contribution in [0.2, 0.25) is 0 Å². The summed E-state index contributed by atoms with van der Waals surface area (Å²) in [6.45, 7) is 5.10. The second-order valence-corrected chi connectivity index (χ2v) is 4.10. The molecule has 0 bridgehead atoms. The molecule has 0 aromatic carbocycles. The van der Waals surface area contributed by atoms with Crippen LogP contribution in [0.15, 0.2) is 12.2 Å². The van der Waals surface area contributed by atoms with E-state index in [-0.39, 0.29) is 5.60 Å². The summed E-state index contributed by atoms with van der Waals surface area (Å²) in [4.78, 5) is 2.34. The molecule has 12 heavy (non-hydrogen) atoms. The zero-order valence-corrected chi connectivity index (χ0v) is 7.66. The Hall–Kier alpha value is -0.340. The number of piperidine rings is 1. The molecule has 0 radical (unpaired) electrons. The first-order valence-electron chi connectivity index (χ1n) is 4.80. The van der Waals surface area contributed by atoms with Crippen LogP contribution in [-0.4, -0.2) is 35.2 Å². The van der Waals surface area contributed by atoms with E-state index in [2.05, 4.69) is 17.1 Å². The van der Waals surface area contributed by atoms with Crippen LogP contribution in [-0.2, 0) is 0 Å². The molecule has 0 aromatic rings. The zero-order chi connectivity index (χ0) is 8.60. The Morgan fingerprint density at radius 2 is 2.50 bits per heavy atom. The third-order valence-corrected chi connectivity index (χ3v) is 3.09. The van der Waals surface area contributed by atoms with Gasteiger partial charge in [0.15, 0.2) is 0 Å². The van der Waals surface area contributed by atoms with Gasteiger partial charge in [-0.1, -0.05) is 12.2 Å². The first-order chi connectivity index (χ1) is 5.74. The quantitative estimate of drug-likeness (QED) is 0.621. The minimum atomic E-state index is -0.292. The average Bonchev–Trinajstić information content (AvgIpc) is 2.71. The maximum Gasteiger partial charge on any atom is 0.0807 e. The minimum absolute atomic E-state index is 0.292. The van der Waals surface area contributed by atoms with Crippen LogP contribution in [0.1, 0.15) is 19.8 Å². The number of β-amino-alcohol motifs (C(OH)–C–C–N with tert-alkyl or cyclic N) is 1. The first kappa shape index (κ1) is 8.27. The summed E-state index contributed by atoms with van der Waals surface area (Å²) < 4.78 is 0. The molecule has 0 amide bonds. The van der Waals surface area contributed by atoms with Crippen molar-refractivity contribution in [1.82, 2.24) is 4.90 Å². The monoisotopic (exact) mass is 167 g/mol. The molecule has 0 spiro atoms. The number of aliphatic hydroxyl groups is 1. The Morgan fingerprint density at radius 1 is 1.67 bits per heavy atom. The molecule has 0 aromatic heterocycles. The van der Waals surface area contributed by atoms with Gasteiger partial charge in [0.1, 0.15) is 0 Å². The molecule has 1 N–H and O–H groups in total. The normalized spacial score (nSPS) is 41.7. The Kier molecular flexibility index (Phi) is 1.97. The third-order valence-electron chi connectivity index (χ3n) is 3.09. The highest BCUT2D eigenvalue weighted by atomic mass is 16.3. The van der Waals surface area contributed by atoms with E-state index >= 15 is 0 Å². The molecule has 1 saturated carbocycles. The molecular formula is C10H17NO. The van der Waals surface area contributed by atoms with Crippen molar-refractivity contribution in [2.45, 2.75) is 25.4 Å². The van der Waals surface area contributed by atoms with E-state index in [1.165, 1.54) is 6.42 Å². The van der Waals surface area contributed by atoms with Crippen molar-refractivity contribution in [2.24, 2.45) is 5.92 Å². The lowest BCUT2D eigenvalue weighted by Crippen LogP contribution is -2.40. The predicted octanol–water partition coefficient (Wildman–Crippen LogP) is 1.02. The van der Waals surface area contributed by atoms with Gasteiger partial charge in [-0.2, -0.15) is 0 Å². The zero-order valence-electron chi connectivity index (χ0n) is 7.66. The van der Waals surface area contributed by atoms with Crippen LogP contribution in [0.5, 0.6) is 0 Å². The lowest BCUT2D eigenvalue weighted by Gasteiger charge is -2.28. The van der Waals surface area contributed by atoms with Gasteiger partial charge < -0.3 is 5.11 Å². The molecule has 2 atom stereocenters. The molecule has 2 aliphatic rings. The van der Waals surface area contributed by atoms with E-state index < -0.39 is 0 Å². The Morgan fingerprint density at radius 3 is 3.17 bits per heavy atom. The second-order valence-electron chi connectivity index (χ2n) is 4.10. The molecule has 2 nitrogen and oxygen atoms in total. The van der Waals surface area contributed by atoms with Crippen LogP contribution < -0.4 is 0 Å². The number of allylic oxidation sites excluding steroid dienone is 1. The molecule has 1 aliphatic heterocycles. The first-order valence-corrected chi connectivity index (χ1v) is 4.80. The van der Waals surface area contributed by atoms with Crippen molar-refractivity contribution in [1.29, 1.82) is 0 Å². The Labute approximate surface area is 73.9 Å². The van der Waals surface area contributed by atoms with Crippen molar-refractivity contribution >= 4 is 0 Å². The van der Waals surface area contributed by atoms with Gasteiger partial charge in [-0.05, 0) is 32.2 Å². The molecule has 1 saturated heterocycles. The van der Waals surface area contributed by atoms with E-state index in [4.69, 9.17) is 0 Å². The van der Waals surface area contributed by atoms with Gasteiger partial charge in [0, 0.05) is 13.1 Å². The van der Waals surface area contributed by atoms with Crippen LogP contribution >= 0.6 is 0 Å². The van der Waals surface area contributed by atoms with Crippen LogP contribution in [0.3, 0.4) is 0 Å². The maximum absolute atomic E-state index is 9.85. The smallest absolute Gasteiger partial charge is 0.0807 e. The Bertz CT molecular complexity index is 202. The van der Waals surface area contributed by atoms with E-state index in [0.717, 1.165) is 26.1 Å². The van der Waals surface area contributed by atoms with Crippen molar-refractivity contribution in [3.8, 4) is 0 Å². The highest BCUT2D eigenvalue weighted by molar-refractivity contribution is 5.08. The third kappa shape index (κ3) is 1.41. The van der Waals surface area contributed by atoms with Crippen molar-refractivity contribution in [3.05, 3.63) is 12.2 Å². The lowest BCUT2D eigenvalue weighted by molar-refractivity contribution is 0.0557. The van der Waals surface area contributed by atoms with Crippen LogP contribution in [0.25, 0.3) is 0 Å². The Balaban J connectivity index is 1.85. The van der Waals surface area contributed by atoms with Gasteiger partial charge in [-0.3, -0.25) is 4.90 Å². The van der Waals surface area contributed by atoms with Gasteiger partial charge in [0.2, 0.25) is 0 Å². The summed E-state index contributed by atoms with van der Waals surface area (Å²) in [5.74, 6) is 0.624. The summed E-state index contributed by atoms with van der Waals surface area (Å²) in [7, 11) is 0. The largest absolute Gasteiger partial charge is 0.388 e. The lowest BCUT2D eigenvalue weighted by atomic mass is 10.1. The topological polar surface area (TPSA) is 23.5 Å². The fraction of sp³-hybridized carbons (Fsp3) is 0.800. The van der Waals surface area contributed by atoms with Gasteiger partial charge >= 0.3 is 0 Å². The van der Waals surface area contributed by atoms with Gasteiger partial charge in [-0.15, -0.1) is 0 Å². The van der Waals surface area contributed by atoms with Gasteiger partial charge in [-0.25, -0.2) is 0 Å². The summed E-state index contributed by atoms with van der Waals surface area (Å²) in [6, 6.07) is 0. The number of rotatable bonds is 2. The van der Waals surface area contributed by atoms with Crippen molar-refractivity contribution in [2.75, 3.05) is 19.6 Å². The number of hydrogen-bond acceptors (Lipinski definition) is 2. The molecule has 1 aliphatic carbocycles. The van der Waals surface area contributed by atoms with E-state index in [1.807, 2.05) is 6.92 Å². The average molecular weight is 167 g/mol. The second kappa shape index (κ2) is 2.86. The molecule has 2 rings (SSSR count). The summed E-state index contributed by atoms with van der Waals surface area (Å²) in [6.07, 6.45) is 6.46. The van der Waals surface area contributed by atoms with E-state index in [1.54, 1.807) is 0 Å². The fourth-order valence-corrected chi connectivity index (χ4v) is 2.15. The number of likely N-dealkylation sites (tertiary alicyclic amines) is 1. The molecule has 2 heteroatoms. The molecule has 0 unspecified atom stereocenters. The molecule has 68 valence electrons. The van der Waals surface area contributed by atoms with Gasteiger partial charge in [0.05, 0.1) is 5.60 Å². The summed E-state index contributed by atoms with van der Waals surface area (Å²) in [5, 5.41) is 9.85. The molecular weight excluding hydrogens is 150 g/mol. The van der Waals surface area contributed by atoms with Crippen LogP contribution in [0.4, 0.5) is 0 Å². The standard InChI is InChI=1S/C10H17NO/c1-2-3-5-11-6-4-9-7-10(9,12)8-11/h2-3,9,12H,4-8H2,1H3/b3-2+/t9-,10+/m1/s1. The van der Waals surface area contributed by atoms with E-state index in [0.29, 0.717) is 5.92 Å². The number of nitrogens with zero attached hydrogens (tertiary/aromatic N) is 1. The SMILES string of the molecule is C/C=C/CN1CC[C@@H]2C[C@]2(O)C1. The number of fused-ring (bicyclic) bond motifs is 1. The molecule has 2 fully saturated rings. The summed E-state index contributed by atoms with van der Waals surface area (Å²) in [5.41, 5.74) is -0.292. The maximum atomic E-state index is 9.85. The van der Waals surface area contributed by atoms with Crippen molar-refractivity contribution in [3.63, 3.8) is 0 Å². The van der Waals surface area contributed by atoms with Crippen molar-refractivity contribution < 1.29 is 5.11 Å². The number of hydrogen-bond donors (Lipinski definition) is 1.